The number of thiazole rings is 1. The van der Waals surface area contributed by atoms with Crippen LogP contribution in [0.3, 0.4) is 0 Å². The Morgan fingerprint density at radius 3 is 2.65 bits per heavy atom. The number of benzene rings is 1. The summed E-state index contributed by atoms with van der Waals surface area (Å²) >= 11 is 3.04. The van der Waals surface area contributed by atoms with Gasteiger partial charge in [0.05, 0.1) is 16.8 Å². The van der Waals surface area contributed by atoms with E-state index in [0.717, 1.165) is 21.1 Å². The van der Waals surface area contributed by atoms with Crippen molar-refractivity contribution in [1.82, 2.24) is 10.3 Å². The van der Waals surface area contributed by atoms with E-state index in [2.05, 4.69) is 10.3 Å². The molecule has 26 heavy (non-hydrogen) atoms. The van der Waals surface area contributed by atoms with Crippen LogP contribution in [0.1, 0.15) is 32.7 Å². The molecule has 1 amide bonds. The molecule has 4 nitrogen and oxygen atoms in total. The molecule has 4 rings (SSSR count). The van der Waals surface area contributed by atoms with Crippen molar-refractivity contribution >= 4 is 28.6 Å². The summed E-state index contributed by atoms with van der Waals surface area (Å²) in [6.45, 7) is 1.87. The van der Waals surface area contributed by atoms with Crippen molar-refractivity contribution in [2.75, 3.05) is 0 Å². The van der Waals surface area contributed by atoms with Gasteiger partial charge >= 0.3 is 0 Å². The van der Waals surface area contributed by atoms with E-state index in [0.29, 0.717) is 10.6 Å². The second-order valence-corrected chi connectivity index (χ2v) is 7.69. The molecular formula is C20H16N2O2S2. The zero-order valence-electron chi connectivity index (χ0n) is 14.0. The number of hydrogen-bond donors (Lipinski definition) is 1. The van der Waals surface area contributed by atoms with Gasteiger partial charge in [-0.3, -0.25) is 4.79 Å². The molecule has 130 valence electrons. The molecule has 0 saturated carbocycles. The van der Waals surface area contributed by atoms with Crippen molar-refractivity contribution in [3.63, 3.8) is 0 Å². The van der Waals surface area contributed by atoms with Crippen LogP contribution in [0.25, 0.3) is 9.88 Å². The molecule has 0 aliphatic rings. The molecule has 1 N–H and O–H groups in total. The van der Waals surface area contributed by atoms with Crippen molar-refractivity contribution in [2.24, 2.45) is 0 Å². The van der Waals surface area contributed by atoms with Gasteiger partial charge in [0, 0.05) is 0 Å². The molecule has 0 spiro atoms. The maximum Gasteiger partial charge on any atom is 0.264 e. The van der Waals surface area contributed by atoms with Crippen molar-refractivity contribution in [3.8, 4) is 9.88 Å². The molecule has 3 heterocycles. The van der Waals surface area contributed by atoms with Gasteiger partial charge in [0.25, 0.3) is 5.91 Å². The molecule has 0 saturated heterocycles. The zero-order chi connectivity index (χ0) is 17.9. The predicted octanol–water partition coefficient (Wildman–Crippen LogP) is 5.29. The SMILES string of the molecule is Cc1nc(-c2cccs2)sc1C(=O)NC(c1ccccc1)c1ccco1. The van der Waals surface area contributed by atoms with E-state index in [1.807, 2.05) is 66.9 Å². The smallest absolute Gasteiger partial charge is 0.264 e. The number of rotatable bonds is 5. The fourth-order valence-electron chi connectivity index (χ4n) is 2.73. The third-order valence-electron chi connectivity index (χ3n) is 3.97. The van der Waals surface area contributed by atoms with Crippen molar-refractivity contribution in [2.45, 2.75) is 13.0 Å². The lowest BCUT2D eigenvalue weighted by Gasteiger charge is -2.16. The Kier molecular flexibility index (Phi) is 4.69. The van der Waals surface area contributed by atoms with E-state index in [-0.39, 0.29) is 11.9 Å². The Bertz CT molecular complexity index is 990. The summed E-state index contributed by atoms with van der Waals surface area (Å²) in [4.78, 5) is 19.2. The average molecular weight is 380 g/mol. The molecule has 4 aromatic rings. The first-order valence-corrected chi connectivity index (χ1v) is 9.82. The van der Waals surface area contributed by atoms with Crippen LogP contribution in [0.5, 0.6) is 0 Å². The minimum atomic E-state index is -0.342. The summed E-state index contributed by atoms with van der Waals surface area (Å²) in [7, 11) is 0. The second kappa shape index (κ2) is 7.27. The molecule has 1 atom stereocenters. The van der Waals surface area contributed by atoms with E-state index in [1.165, 1.54) is 11.3 Å². The molecule has 1 aromatic carbocycles. The quantitative estimate of drug-likeness (QED) is 0.512. The highest BCUT2D eigenvalue weighted by atomic mass is 32.1. The minimum absolute atomic E-state index is 0.145. The van der Waals surface area contributed by atoms with Crippen LogP contribution in [0.4, 0.5) is 0 Å². The largest absolute Gasteiger partial charge is 0.467 e. The van der Waals surface area contributed by atoms with Crippen molar-refractivity contribution < 1.29 is 9.21 Å². The first-order chi connectivity index (χ1) is 12.7. The Labute approximate surface area is 159 Å². The van der Waals surface area contributed by atoms with Gasteiger partial charge in [0.15, 0.2) is 0 Å². The lowest BCUT2D eigenvalue weighted by atomic mass is 10.0. The summed E-state index contributed by atoms with van der Waals surface area (Å²) in [5.74, 6) is 0.554. The fraction of sp³-hybridized carbons (Fsp3) is 0.100. The van der Waals surface area contributed by atoms with Crippen LogP contribution in [0.2, 0.25) is 0 Å². The van der Waals surface area contributed by atoms with E-state index in [4.69, 9.17) is 4.42 Å². The molecule has 0 radical (unpaired) electrons. The van der Waals surface area contributed by atoms with Gasteiger partial charge in [-0.15, -0.1) is 22.7 Å². The van der Waals surface area contributed by atoms with E-state index in [1.54, 1.807) is 17.6 Å². The highest BCUT2D eigenvalue weighted by Crippen LogP contribution is 2.32. The summed E-state index contributed by atoms with van der Waals surface area (Å²) in [5.41, 5.74) is 1.71. The lowest BCUT2D eigenvalue weighted by Crippen LogP contribution is -2.29. The number of furan rings is 1. The summed E-state index contributed by atoms with van der Waals surface area (Å²) in [6, 6.07) is 17.1. The highest BCUT2D eigenvalue weighted by molar-refractivity contribution is 7.22. The normalized spacial score (nSPS) is 12.0. The summed E-state index contributed by atoms with van der Waals surface area (Å²) in [6.07, 6.45) is 1.62. The number of carbonyl (C=O) groups is 1. The third kappa shape index (κ3) is 3.34. The van der Waals surface area contributed by atoms with E-state index in [9.17, 15) is 4.79 Å². The number of amides is 1. The summed E-state index contributed by atoms with van der Waals surface area (Å²) in [5, 5.41) is 5.97. The number of nitrogens with zero attached hydrogens (tertiary/aromatic N) is 1. The van der Waals surface area contributed by atoms with Crippen LogP contribution >= 0.6 is 22.7 Å². The third-order valence-corrected chi connectivity index (χ3v) is 6.17. The summed E-state index contributed by atoms with van der Waals surface area (Å²) < 4.78 is 5.56. The van der Waals surface area contributed by atoms with Crippen molar-refractivity contribution in [3.05, 3.63) is 88.1 Å². The Hall–Kier alpha value is -2.70. The first kappa shape index (κ1) is 16.8. The van der Waals surface area contributed by atoms with Gasteiger partial charge in [0.1, 0.15) is 21.7 Å². The number of aryl methyl sites for hydroxylation is 1. The van der Waals surface area contributed by atoms with Crippen LogP contribution < -0.4 is 5.32 Å². The van der Waals surface area contributed by atoms with Crippen LogP contribution in [0, 0.1) is 6.92 Å². The zero-order valence-corrected chi connectivity index (χ0v) is 15.6. The maximum absolute atomic E-state index is 12.9. The molecule has 0 aliphatic heterocycles. The Morgan fingerprint density at radius 2 is 1.96 bits per heavy atom. The van der Waals surface area contributed by atoms with Crippen molar-refractivity contribution in [1.29, 1.82) is 0 Å². The number of aromatic nitrogens is 1. The molecule has 3 aromatic heterocycles. The fourth-order valence-corrected chi connectivity index (χ4v) is 4.50. The standard InChI is InChI=1S/C20H16N2O2S2/c1-13-18(26-20(21-13)16-10-6-12-25-16)19(23)22-17(15-9-5-11-24-15)14-7-3-2-4-8-14/h2-12,17H,1H3,(H,22,23). The van der Waals surface area contributed by atoms with Crippen LogP contribution in [-0.4, -0.2) is 10.9 Å². The first-order valence-electron chi connectivity index (χ1n) is 8.13. The maximum atomic E-state index is 12.9. The van der Waals surface area contributed by atoms with Gasteiger partial charge in [-0.1, -0.05) is 36.4 Å². The van der Waals surface area contributed by atoms with E-state index >= 15 is 0 Å². The monoisotopic (exact) mass is 380 g/mol. The average Bonchev–Trinajstić information content (AvgIpc) is 3.41. The highest BCUT2D eigenvalue weighted by Gasteiger charge is 2.23. The lowest BCUT2D eigenvalue weighted by molar-refractivity contribution is 0.0942. The van der Waals surface area contributed by atoms with Crippen LogP contribution in [-0.2, 0) is 0 Å². The predicted molar refractivity (Wildman–Crippen MR) is 105 cm³/mol. The number of nitrogens with one attached hydrogen (secondary N) is 1. The molecular weight excluding hydrogens is 364 g/mol. The molecule has 0 aliphatic carbocycles. The minimum Gasteiger partial charge on any atom is -0.467 e. The topological polar surface area (TPSA) is 55.1 Å². The molecule has 6 heteroatoms. The van der Waals surface area contributed by atoms with Gasteiger partial charge in [0.2, 0.25) is 0 Å². The number of thiophene rings is 1. The Balaban J connectivity index is 1.63. The Morgan fingerprint density at radius 1 is 1.12 bits per heavy atom. The van der Waals surface area contributed by atoms with Crippen LogP contribution in [0.15, 0.2) is 70.7 Å². The number of hydrogen-bond acceptors (Lipinski definition) is 5. The van der Waals surface area contributed by atoms with Gasteiger partial charge in [-0.2, -0.15) is 0 Å². The van der Waals surface area contributed by atoms with Gasteiger partial charge in [-0.05, 0) is 36.1 Å². The van der Waals surface area contributed by atoms with Gasteiger partial charge < -0.3 is 9.73 Å². The molecule has 0 bridgehead atoms. The van der Waals surface area contributed by atoms with Gasteiger partial charge in [-0.25, -0.2) is 4.98 Å². The number of carbonyl (C=O) groups excluding carboxylic acids is 1. The molecule has 1 unspecified atom stereocenters. The van der Waals surface area contributed by atoms with E-state index < -0.39 is 0 Å². The molecule has 0 fully saturated rings. The second-order valence-electron chi connectivity index (χ2n) is 5.74.